The van der Waals surface area contributed by atoms with Crippen molar-refractivity contribution in [1.82, 2.24) is 4.98 Å². The van der Waals surface area contributed by atoms with Crippen LogP contribution in [0.3, 0.4) is 0 Å². The number of anilines is 3. The Balaban J connectivity index is 2.28. The molecule has 1 aromatic heterocycles. The molecule has 3 N–H and O–H groups in total. The van der Waals surface area contributed by atoms with Crippen molar-refractivity contribution < 1.29 is 0 Å². The first-order valence-electron chi connectivity index (χ1n) is 4.09. The fraction of sp³-hybridized carbons (Fsp3) is 0. The number of thiazole rings is 1. The predicted molar refractivity (Wildman–Crippen MR) is 66.3 cm³/mol. The molecule has 15 heavy (non-hydrogen) atoms. The Kier molecular flexibility index (Phi) is 3.00. The summed E-state index contributed by atoms with van der Waals surface area (Å²) in [5.74, 6) is 0. The smallest absolute Gasteiger partial charge is 0.189 e. The van der Waals surface area contributed by atoms with Crippen LogP contribution < -0.4 is 11.1 Å². The highest BCUT2D eigenvalue weighted by Crippen LogP contribution is 2.33. The molecular weight excluding hydrogens is 253 g/mol. The van der Waals surface area contributed by atoms with Crippen molar-refractivity contribution in [2.45, 2.75) is 0 Å². The second-order valence-corrected chi connectivity index (χ2v) is 4.64. The van der Waals surface area contributed by atoms with Crippen molar-refractivity contribution in [2.24, 2.45) is 0 Å². The minimum Gasteiger partial charge on any atom is -0.389 e. The van der Waals surface area contributed by atoms with E-state index in [9.17, 15) is 0 Å². The summed E-state index contributed by atoms with van der Waals surface area (Å²) in [6.07, 6.45) is 1.59. The molecule has 1 aromatic carbocycles. The van der Waals surface area contributed by atoms with Crippen LogP contribution in [-0.2, 0) is 0 Å². The van der Waals surface area contributed by atoms with Crippen LogP contribution >= 0.6 is 34.5 Å². The van der Waals surface area contributed by atoms with Gasteiger partial charge in [-0.2, -0.15) is 0 Å². The van der Waals surface area contributed by atoms with Crippen LogP contribution in [0.4, 0.5) is 15.8 Å². The van der Waals surface area contributed by atoms with Gasteiger partial charge in [-0.05, 0) is 12.1 Å². The van der Waals surface area contributed by atoms with Crippen LogP contribution in [0.15, 0.2) is 24.4 Å². The number of benzene rings is 1. The van der Waals surface area contributed by atoms with Crippen LogP contribution in [-0.4, -0.2) is 4.98 Å². The molecule has 6 heteroatoms. The summed E-state index contributed by atoms with van der Waals surface area (Å²) < 4.78 is 0. The van der Waals surface area contributed by atoms with Crippen LogP contribution in [0.25, 0.3) is 0 Å². The zero-order chi connectivity index (χ0) is 10.8. The van der Waals surface area contributed by atoms with Crippen LogP contribution in [0, 0.1) is 0 Å². The van der Waals surface area contributed by atoms with Gasteiger partial charge < -0.3 is 11.1 Å². The fourth-order valence-corrected chi connectivity index (χ4v) is 2.00. The highest BCUT2D eigenvalue weighted by Gasteiger charge is 2.06. The van der Waals surface area contributed by atoms with Gasteiger partial charge in [-0.15, -0.1) is 0 Å². The van der Waals surface area contributed by atoms with Crippen LogP contribution in [0.1, 0.15) is 0 Å². The minimum atomic E-state index is 0.480. The molecule has 0 fully saturated rings. The summed E-state index contributed by atoms with van der Waals surface area (Å²) in [4.78, 5) is 4.06. The Labute approximate surface area is 101 Å². The number of nitrogens with two attached hydrogens (primary N) is 1. The fourth-order valence-electron chi connectivity index (χ4n) is 1.06. The lowest BCUT2D eigenvalue weighted by Crippen LogP contribution is -1.89. The number of nitrogens with one attached hydrogen (secondary N) is 1. The lowest BCUT2D eigenvalue weighted by Gasteiger charge is -2.05. The second-order valence-electron chi connectivity index (χ2n) is 2.79. The number of aromatic nitrogens is 1. The quantitative estimate of drug-likeness (QED) is 0.863. The molecule has 0 aliphatic heterocycles. The van der Waals surface area contributed by atoms with E-state index >= 15 is 0 Å². The minimum absolute atomic E-state index is 0.480. The van der Waals surface area contributed by atoms with Gasteiger partial charge in [0, 0.05) is 0 Å². The number of hydrogen-bond donors (Lipinski definition) is 2. The van der Waals surface area contributed by atoms with Gasteiger partial charge in [-0.1, -0.05) is 40.6 Å². The first-order chi connectivity index (χ1) is 7.16. The summed E-state index contributed by atoms with van der Waals surface area (Å²) in [6, 6.07) is 5.37. The van der Waals surface area contributed by atoms with Crippen molar-refractivity contribution in [3.63, 3.8) is 0 Å². The number of nitrogen functional groups attached to an aromatic ring is 1. The molecule has 0 atom stereocenters. The topological polar surface area (TPSA) is 50.9 Å². The van der Waals surface area contributed by atoms with Crippen molar-refractivity contribution >= 4 is 50.4 Å². The molecule has 3 nitrogen and oxygen atoms in total. The molecule has 0 spiro atoms. The third kappa shape index (κ3) is 2.34. The van der Waals surface area contributed by atoms with E-state index in [1.54, 1.807) is 12.3 Å². The Morgan fingerprint density at radius 1 is 1.33 bits per heavy atom. The van der Waals surface area contributed by atoms with Gasteiger partial charge in [0.25, 0.3) is 0 Å². The molecule has 2 rings (SSSR count). The van der Waals surface area contributed by atoms with Gasteiger partial charge in [0.2, 0.25) is 0 Å². The van der Waals surface area contributed by atoms with Crippen molar-refractivity contribution in [3.8, 4) is 0 Å². The molecule has 1 heterocycles. The van der Waals surface area contributed by atoms with E-state index < -0.39 is 0 Å². The van der Waals surface area contributed by atoms with Crippen LogP contribution in [0.2, 0.25) is 10.0 Å². The highest BCUT2D eigenvalue weighted by atomic mass is 35.5. The maximum absolute atomic E-state index is 6.00. The van der Waals surface area contributed by atoms with E-state index in [1.807, 2.05) is 12.1 Å². The zero-order valence-corrected chi connectivity index (χ0v) is 9.83. The standard InChI is InChI=1S/C9H7Cl2N3S/c10-5-2-1-3-6(8(5)11)14-9-13-4-7(12)15-9/h1-4H,12H2,(H,13,14). The molecule has 78 valence electrons. The zero-order valence-electron chi connectivity index (χ0n) is 7.50. The van der Waals surface area contributed by atoms with E-state index in [0.717, 1.165) is 5.69 Å². The van der Waals surface area contributed by atoms with E-state index in [2.05, 4.69) is 10.3 Å². The Morgan fingerprint density at radius 2 is 2.13 bits per heavy atom. The number of rotatable bonds is 2. The lowest BCUT2D eigenvalue weighted by atomic mass is 10.3. The van der Waals surface area contributed by atoms with Crippen molar-refractivity contribution in [2.75, 3.05) is 11.1 Å². The highest BCUT2D eigenvalue weighted by molar-refractivity contribution is 7.19. The SMILES string of the molecule is Nc1cnc(Nc2cccc(Cl)c2Cl)s1. The van der Waals surface area contributed by atoms with E-state index in [0.29, 0.717) is 20.2 Å². The molecule has 0 saturated carbocycles. The Bertz CT molecular complexity index is 484. The Morgan fingerprint density at radius 3 is 2.80 bits per heavy atom. The lowest BCUT2D eigenvalue weighted by molar-refractivity contribution is 1.39. The van der Waals surface area contributed by atoms with Gasteiger partial charge in [0.1, 0.15) is 5.00 Å². The molecule has 0 saturated heterocycles. The van der Waals surface area contributed by atoms with Crippen molar-refractivity contribution in [1.29, 1.82) is 0 Å². The maximum atomic E-state index is 6.00. The van der Waals surface area contributed by atoms with Gasteiger partial charge in [-0.25, -0.2) is 4.98 Å². The van der Waals surface area contributed by atoms with Gasteiger partial charge in [-0.3, -0.25) is 0 Å². The molecule has 0 bridgehead atoms. The van der Waals surface area contributed by atoms with Crippen LogP contribution in [0.5, 0.6) is 0 Å². The average molecular weight is 260 g/mol. The molecule has 0 amide bonds. The summed E-state index contributed by atoms with van der Waals surface area (Å²) in [5, 5.41) is 5.37. The molecule has 0 aliphatic carbocycles. The summed E-state index contributed by atoms with van der Waals surface area (Å²) in [7, 11) is 0. The first kappa shape index (κ1) is 10.5. The average Bonchev–Trinajstić information content (AvgIpc) is 2.59. The second kappa shape index (κ2) is 4.26. The number of nitrogens with zero attached hydrogens (tertiary/aromatic N) is 1. The summed E-state index contributed by atoms with van der Waals surface area (Å²) in [5.41, 5.74) is 6.28. The molecule has 0 radical (unpaired) electrons. The third-order valence-electron chi connectivity index (χ3n) is 1.72. The van der Waals surface area contributed by atoms with E-state index in [1.165, 1.54) is 11.3 Å². The molecule has 2 aromatic rings. The third-order valence-corrected chi connectivity index (χ3v) is 3.28. The van der Waals surface area contributed by atoms with Gasteiger partial charge >= 0.3 is 0 Å². The predicted octanol–water partition coefficient (Wildman–Crippen LogP) is 3.78. The number of hydrogen-bond acceptors (Lipinski definition) is 4. The summed E-state index contributed by atoms with van der Waals surface area (Å²) in [6.45, 7) is 0. The van der Waals surface area contributed by atoms with Gasteiger partial charge in [0.05, 0.1) is 21.9 Å². The van der Waals surface area contributed by atoms with E-state index in [4.69, 9.17) is 28.9 Å². The summed E-state index contributed by atoms with van der Waals surface area (Å²) >= 11 is 13.2. The van der Waals surface area contributed by atoms with Gasteiger partial charge in [0.15, 0.2) is 5.13 Å². The Hall–Kier alpha value is -0.970. The number of halogens is 2. The first-order valence-corrected chi connectivity index (χ1v) is 5.66. The monoisotopic (exact) mass is 259 g/mol. The van der Waals surface area contributed by atoms with Crippen molar-refractivity contribution in [3.05, 3.63) is 34.4 Å². The largest absolute Gasteiger partial charge is 0.389 e. The normalized spacial score (nSPS) is 10.3. The van der Waals surface area contributed by atoms with E-state index in [-0.39, 0.29) is 0 Å². The maximum Gasteiger partial charge on any atom is 0.189 e. The molecular formula is C9H7Cl2N3S. The molecule has 0 aliphatic rings. The molecule has 0 unspecified atom stereocenters.